The van der Waals surface area contributed by atoms with Crippen LogP contribution in [0, 0.1) is 5.92 Å². The van der Waals surface area contributed by atoms with Gasteiger partial charge in [-0.3, -0.25) is 0 Å². The minimum Gasteiger partial charge on any atom is -0.453 e. The fourth-order valence-corrected chi connectivity index (χ4v) is 4.45. The van der Waals surface area contributed by atoms with Crippen molar-refractivity contribution in [1.82, 2.24) is 0 Å². The number of benzene rings is 2. The zero-order valence-corrected chi connectivity index (χ0v) is 16.6. The molecular weight excluding hydrogens is 388 g/mol. The molecule has 7 nitrogen and oxygen atoms in total. The van der Waals surface area contributed by atoms with E-state index in [1.165, 1.54) is 0 Å². The molecule has 4 aliphatic rings. The van der Waals surface area contributed by atoms with Crippen LogP contribution in [0.25, 0.3) is 0 Å². The molecule has 4 fully saturated rings. The van der Waals surface area contributed by atoms with Crippen molar-refractivity contribution in [2.45, 2.75) is 50.3 Å². The van der Waals surface area contributed by atoms with Gasteiger partial charge < -0.3 is 23.7 Å². The predicted octanol–water partition coefficient (Wildman–Crippen LogP) is 2.94. The Balaban J connectivity index is 1.41. The van der Waals surface area contributed by atoms with Crippen molar-refractivity contribution in [3.63, 3.8) is 0 Å². The highest BCUT2D eigenvalue weighted by atomic mass is 16.9. The van der Waals surface area contributed by atoms with Gasteiger partial charge >= 0.3 is 11.9 Å². The van der Waals surface area contributed by atoms with Crippen LogP contribution in [0.2, 0.25) is 0 Å². The molecule has 7 heteroatoms. The van der Waals surface area contributed by atoms with Crippen LogP contribution >= 0.6 is 0 Å². The zero-order valence-electron chi connectivity index (χ0n) is 16.6. The van der Waals surface area contributed by atoms with Crippen LogP contribution in [0.15, 0.2) is 60.7 Å². The molecule has 156 valence electrons. The monoisotopic (exact) mass is 410 g/mol. The maximum Gasteiger partial charge on any atom is 0.338 e. The molecule has 0 N–H and O–H groups in total. The minimum absolute atomic E-state index is 0.166. The summed E-state index contributed by atoms with van der Waals surface area (Å²) in [6, 6.07) is 17.4. The molecular formula is C23H22O7. The first-order valence-corrected chi connectivity index (χ1v) is 10.0. The third-order valence-corrected chi connectivity index (χ3v) is 5.89. The Hall–Kier alpha value is -2.74. The molecule has 1 aliphatic carbocycles. The van der Waals surface area contributed by atoms with Gasteiger partial charge in [0.05, 0.1) is 11.1 Å². The van der Waals surface area contributed by atoms with E-state index in [1.807, 2.05) is 19.1 Å². The molecule has 6 rings (SSSR count). The first kappa shape index (κ1) is 19.2. The molecule has 2 aromatic carbocycles. The highest BCUT2D eigenvalue weighted by Gasteiger charge is 2.67. The van der Waals surface area contributed by atoms with Gasteiger partial charge in [0.2, 0.25) is 0 Å². The van der Waals surface area contributed by atoms with Gasteiger partial charge in [-0.1, -0.05) is 43.3 Å². The SMILES string of the molecule is C[C@H]1C2OC3(C)O[C@H](C2OC(=O)c2ccccc2)C(OC(=O)c2ccccc2)[C@@H]1O3. The molecule has 0 spiro atoms. The van der Waals surface area contributed by atoms with Gasteiger partial charge in [-0.2, -0.15) is 0 Å². The summed E-state index contributed by atoms with van der Waals surface area (Å²) < 4.78 is 29.5. The van der Waals surface area contributed by atoms with E-state index in [2.05, 4.69) is 0 Å². The van der Waals surface area contributed by atoms with E-state index in [4.69, 9.17) is 23.7 Å². The topological polar surface area (TPSA) is 80.3 Å². The molecule has 1 saturated carbocycles. The second-order valence-electron chi connectivity index (χ2n) is 7.94. The van der Waals surface area contributed by atoms with E-state index in [0.29, 0.717) is 11.1 Å². The summed E-state index contributed by atoms with van der Waals surface area (Å²) in [6.45, 7) is 3.61. The Kier molecular flexibility index (Phi) is 4.61. The molecule has 0 radical (unpaired) electrons. The van der Waals surface area contributed by atoms with E-state index >= 15 is 0 Å². The molecule has 2 aromatic rings. The first-order valence-electron chi connectivity index (χ1n) is 10.0. The number of rotatable bonds is 4. The lowest BCUT2D eigenvalue weighted by molar-refractivity contribution is -0.526. The lowest BCUT2D eigenvalue weighted by Crippen LogP contribution is -2.77. The van der Waals surface area contributed by atoms with Gasteiger partial charge in [-0.15, -0.1) is 0 Å². The van der Waals surface area contributed by atoms with Gasteiger partial charge in [0, 0.05) is 12.8 Å². The van der Waals surface area contributed by atoms with Gasteiger partial charge in [0.1, 0.15) is 18.3 Å². The number of esters is 2. The quantitative estimate of drug-likeness (QED) is 0.717. The normalized spacial score (nSPS) is 36.3. The van der Waals surface area contributed by atoms with Crippen LogP contribution in [0.5, 0.6) is 0 Å². The maximum atomic E-state index is 12.7. The minimum atomic E-state index is -1.25. The highest BCUT2D eigenvalue weighted by molar-refractivity contribution is 5.90. The Morgan fingerprint density at radius 1 is 0.733 bits per heavy atom. The highest BCUT2D eigenvalue weighted by Crippen LogP contribution is 2.49. The summed E-state index contributed by atoms with van der Waals surface area (Å²) in [5.74, 6) is -2.38. The Morgan fingerprint density at radius 2 is 1.13 bits per heavy atom. The molecule has 30 heavy (non-hydrogen) atoms. The average Bonchev–Trinajstić information content (AvgIpc) is 2.76. The fourth-order valence-electron chi connectivity index (χ4n) is 4.45. The van der Waals surface area contributed by atoms with Crippen LogP contribution in [-0.4, -0.2) is 48.4 Å². The van der Waals surface area contributed by atoms with E-state index in [1.54, 1.807) is 55.5 Å². The standard InChI is InChI=1S/C23H22O7/c1-13-16-18(26-21(24)14-9-5-3-6-10-14)20-19(17(13)29-23(2,28-16)30-20)27-22(25)15-11-7-4-8-12-15/h3-13,16-20H,1-2H3/t13-,16-,17?,18?,19?,20+,23?/m1/s1. The molecule has 7 atom stereocenters. The van der Waals surface area contributed by atoms with E-state index in [0.717, 1.165) is 0 Å². The smallest absolute Gasteiger partial charge is 0.338 e. The van der Waals surface area contributed by atoms with Crippen LogP contribution < -0.4 is 0 Å². The molecule has 4 unspecified atom stereocenters. The van der Waals surface area contributed by atoms with Crippen molar-refractivity contribution in [1.29, 1.82) is 0 Å². The number of hydrogen-bond donors (Lipinski definition) is 0. The lowest BCUT2D eigenvalue weighted by atomic mass is 9.76. The fraction of sp³-hybridized carbons (Fsp3) is 0.391. The molecule has 0 amide bonds. The number of hydrogen-bond acceptors (Lipinski definition) is 7. The zero-order chi connectivity index (χ0) is 20.9. The first-order chi connectivity index (χ1) is 14.5. The Bertz CT molecular complexity index is 873. The summed E-state index contributed by atoms with van der Waals surface area (Å²) in [4.78, 5) is 25.4. The third kappa shape index (κ3) is 3.19. The summed E-state index contributed by atoms with van der Waals surface area (Å²) in [5, 5.41) is 0. The van der Waals surface area contributed by atoms with E-state index < -0.39 is 48.4 Å². The van der Waals surface area contributed by atoms with Gasteiger partial charge in [0.25, 0.3) is 5.97 Å². The van der Waals surface area contributed by atoms with Crippen molar-refractivity contribution in [3.8, 4) is 0 Å². The van der Waals surface area contributed by atoms with Crippen molar-refractivity contribution in [3.05, 3.63) is 71.8 Å². The Labute approximate surface area is 173 Å². The molecule has 3 heterocycles. The summed E-state index contributed by atoms with van der Waals surface area (Å²) >= 11 is 0. The van der Waals surface area contributed by atoms with Gasteiger partial charge in [-0.25, -0.2) is 9.59 Å². The molecule has 3 saturated heterocycles. The molecule has 4 bridgehead atoms. The van der Waals surface area contributed by atoms with E-state index in [9.17, 15) is 9.59 Å². The van der Waals surface area contributed by atoms with Crippen molar-refractivity contribution in [2.24, 2.45) is 5.92 Å². The lowest BCUT2D eigenvalue weighted by Gasteiger charge is -2.61. The number of carbonyl (C=O) groups excluding carboxylic acids is 2. The van der Waals surface area contributed by atoms with Gasteiger partial charge in [-0.05, 0) is 24.3 Å². The predicted molar refractivity (Wildman–Crippen MR) is 103 cm³/mol. The summed E-state index contributed by atoms with van der Waals surface area (Å²) in [7, 11) is 0. The maximum absolute atomic E-state index is 12.7. The second kappa shape index (κ2) is 7.19. The Morgan fingerprint density at radius 3 is 1.57 bits per heavy atom. The summed E-state index contributed by atoms with van der Waals surface area (Å²) in [6.07, 6.45) is -2.99. The van der Waals surface area contributed by atoms with Crippen molar-refractivity contribution in [2.75, 3.05) is 0 Å². The molecule has 3 aliphatic heterocycles. The largest absolute Gasteiger partial charge is 0.453 e. The number of carbonyl (C=O) groups is 2. The number of ether oxygens (including phenoxy) is 5. The van der Waals surface area contributed by atoms with Crippen molar-refractivity contribution < 1.29 is 33.3 Å². The van der Waals surface area contributed by atoms with Crippen LogP contribution in [-0.2, 0) is 23.7 Å². The second-order valence-corrected chi connectivity index (χ2v) is 7.94. The van der Waals surface area contributed by atoms with Gasteiger partial charge in [0.15, 0.2) is 12.2 Å². The van der Waals surface area contributed by atoms with Crippen molar-refractivity contribution >= 4 is 11.9 Å². The van der Waals surface area contributed by atoms with Crippen LogP contribution in [0.4, 0.5) is 0 Å². The average molecular weight is 410 g/mol. The van der Waals surface area contributed by atoms with E-state index in [-0.39, 0.29) is 5.92 Å². The van der Waals surface area contributed by atoms with Crippen LogP contribution in [0.1, 0.15) is 34.6 Å². The molecule has 0 aromatic heterocycles. The van der Waals surface area contributed by atoms with Crippen LogP contribution in [0.3, 0.4) is 0 Å². The third-order valence-electron chi connectivity index (χ3n) is 5.89. The summed E-state index contributed by atoms with van der Waals surface area (Å²) in [5.41, 5.74) is 0.860.